The van der Waals surface area contributed by atoms with Gasteiger partial charge in [0.05, 0.1) is 17.3 Å². The molecule has 0 saturated carbocycles. The number of nitriles is 1. The van der Waals surface area contributed by atoms with Crippen molar-refractivity contribution in [3.05, 3.63) is 54.2 Å². The van der Waals surface area contributed by atoms with Crippen LogP contribution < -0.4 is 10.5 Å². The van der Waals surface area contributed by atoms with Crippen LogP contribution in [0.3, 0.4) is 0 Å². The lowest BCUT2D eigenvalue weighted by Crippen LogP contribution is -1.95. The maximum absolute atomic E-state index is 9.60. The standard InChI is InChI=1S/C16H11N3O2/c17-9-10-1-4-15(14(18)7-10)21-16-13-8-12(20)3-2-11(13)5-6-19-16/h1-8,20H,18H2. The summed E-state index contributed by atoms with van der Waals surface area (Å²) < 4.78 is 5.72. The van der Waals surface area contributed by atoms with Crippen LogP contribution >= 0.6 is 0 Å². The van der Waals surface area contributed by atoms with Gasteiger partial charge in [0, 0.05) is 11.6 Å². The lowest BCUT2D eigenvalue weighted by Gasteiger charge is -2.10. The first-order chi connectivity index (χ1) is 10.2. The number of aromatic nitrogens is 1. The molecule has 21 heavy (non-hydrogen) atoms. The van der Waals surface area contributed by atoms with Crippen LogP contribution in [-0.2, 0) is 0 Å². The minimum Gasteiger partial charge on any atom is -0.508 e. The van der Waals surface area contributed by atoms with Gasteiger partial charge < -0.3 is 15.6 Å². The molecule has 0 bridgehead atoms. The summed E-state index contributed by atoms with van der Waals surface area (Å²) in [4.78, 5) is 4.17. The molecule has 0 aliphatic rings. The Hall–Kier alpha value is -3.26. The van der Waals surface area contributed by atoms with E-state index >= 15 is 0 Å². The lowest BCUT2D eigenvalue weighted by atomic mass is 10.1. The van der Waals surface area contributed by atoms with Gasteiger partial charge in [-0.05, 0) is 41.8 Å². The number of ether oxygens (including phenoxy) is 1. The quantitative estimate of drug-likeness (QED) is 0.702. The third-order valence-corrected chi connectivity index (χ3v) is 3.06. The maximum Gasteiger partial charge on any atom is 0.227 e. The highest BCUT2D eigenvalue weighted by atomic mass is 16.5. The summed E-state index contributed by atoms with van der Waals surface area (Å²) >= 11 is 0. The van der Waals surface area contributed by atoms with Gasteiger partial charge >= 0.3 is 0 Å². The third kappa shape index (κ3) is 2.42. The average molecular weight is 277 g/mol. The number of hydrogen-bond acceptors (Lipinski definition) is 5. The molecule has 0 saturated heterocycles. The summed E-state index contributed by atoms with van der Waals surface area (Å²) in [6.07, 6.45) is 1.62. The normalized spacial score (nSPS) is 10.2. The van der Waals surface area contributed by atoms with Crippen LogP contribution in [0.4, 0.5) is 5.69 Å². The molecule has 0 atom stereocenters. The molecule has 0 aliphatic heterocycles. The van der Waals surface area contributed by atoms with Gasteiger partial charge in [-0.3, -0.25) is 0 Å². The van der Waals surface area contributed by atoms with E-state index in [2.05, 4.69) is 4.98 Å². The van der Waals surface area contributed by atoms with Gasteiger partial charge in [0.15, 0.2) is 5.75 Å². The van der Waals surface area contributed by atoms with E-state index in [1.807, 2.05) is 12.1 Å². The van der Waals surface area contributed by atoms with Crippen molar-refractivity contribution in [3.63, 3.8) is 0 Å². The molecular formula is C16H11N3O2. The highest BCUT2D eigenvalue weighted by molar-refractivity contribution is 5.88. The van der Waals surface area contributed by atoms with Crippen molar-refractivity contribution >= 4 is 16.5 Å². The van der Waals surface area contributed by atoms with Crippen LogP contribution in [0.25, 0.3) is 10.8 Å². The lowest BCUT2D eigenvalue weighted by molar-refractivity contribution is 0.467. The minimum atomic E-state index is 0.133. The van der Waals surface area contributed by atoms with Gasteiger partial charge in [-0.1, -0.05) is 6.07 Å². The number of benzene rings is 2. The van der Waals surface area contributed by atoms with Gasteiger partial charge in [0.2, 0.25) is 5.88 Å². The van der Waals surface area contributed by atoms with E-state index in [-0.39, 0.29) is 5.75 Å². The van der Waals surface area contributed by atoms with Gasteiger partial charge in [-0.15, -0.1) is 0 Å². The maximum atomic E-state index is 9.60. The Morgan fingerprint density at radius 3 is 2.76 bits per heavy atom. The van der Waals surface area contributed by atoms with Crippen LogP contribution in [0, 0.1) is 11.3 Å². The third-order valence-electron chi connectivity index (χ3n) is 3.06. The van der Waals surface area contributed by atoms with E-state index in [9.17, 15) is 5.11 Å². The van der Waals surface area contributed by atoms with Crippen molar-refractivity contribution in [2.24, 2.45) is 0 Å². The second kappa shape index (κ2) is 5.02. The zero-order valence-corrected chi connectivity index (χ0v) is 10.9. The summed E-state index contributed by atoms with van der Waals surface area (Å²) in [5.41, 5.74) is 6.68. The number of nitrogen functional groups attached to an aromatic ring is 1. The van der Waals surface area contributed by atoms with Gasteiger partial charge in [0.1, 0.15) is 5.75 Å². The molecule has 3 N–H and O–H groups in total. The fourth-order valence-electron chi connectivity index (χ4n) is 2.03. The van der Waals surface area contributed by atoms with Crippen molar-refractivity contribution in [3.8, 4) is 23.4 Å². The summed E-state index contributed by atoms with van der Waals surface area (Å²) in [5.74, 6) is 0.894. The number of phenols is 1. The highest BCUT2D eigenvalue weighted by Crippen LogP contribution is 2.32. The van der Waals surface area contributed by atoms with Gasteiger partial charge in [-0.25, -0.2) is 4.98 Å². The number of fused-ring (bicyclic) bond motifs is 1. The number of rotatable bonds is 2. The molecule has 1 aromatic heterocycles. The number of nitrogens with zero attached hydrogens (tertiary/aromatic N) is 2. The summed E-state index contributed by atoms with van der Waals surface area (Å²) in [7, 11) is 0. The number of anilines is 1. The molecule has 0 unspecified atom stereocenters. The smallest absolute Gasteiger partial charge is 0.227 e. The molecule has 102 valence electrons. The highest BCUT2D eigenvalue weighted by Gasteiger charge is 2.09. The predicted octanol–water partition coefficient (Wildman–Crippen LogP) is 3.19. The van der Waals surface area contributed by atoms with Crippen LogP contribution in [0.15, 0.2) is 48.7 Å². The molecule has 3 rings (SSSR count). The Bertz CT molecular complexity index is 869. The Morgan fingerprint density at radius 2 is 2.00 bits per heavy atom. The molecule has 3 aromatic rings. The molecule has 0 spiro atoms. The van der Waals surface area contributed by atoms with Gasteiger partial charge in [0.25, 0.3) is 0 Å². The minimum absolute atomic E-state index is 0.133. The van der Waals surface area contributed by atoms with E-state index in [0.29, 0.717) is 28.3 Å². The fourth-order valence-corrected chi connectivity index (χ4v) is 2.03. The zero-order valence-electron chi connectivity index (χ0n) is 10.9. The van der Waals surface area contributed by atoms with E-state index in [0.717, 1.165) is 5.39 Å². The summed E-state index contributed by atoms with van der Waals surface area (Å²) in [6, 6.07) is 13.6. The van der Waals surface area contributed by atoms with E-state index in [1.54, 1.807) is 36.5 Å². The van der Waals surface area contributed by atoms with Crippen molar-refractivity contribution in [1.82, 2.24) is 4.98 Å². The second-order valence-electron chi connectivity index (χ2n) is 4.49. The molecule has 1 heterocycles. The topological polar surface area (TPSA) is 92.2 Å². The van der Waals surface area contributed by atoms with Crippen molar-refractivity contribution in [2.45, 2.75) is 0 Å². The van der Waals surface area contributed by atoms with E-state index in [4.69, 9.17) is 15.7 Å². The monoisotopic (exact) mass is 277 g/mol. The van der Waals surface area contributed by atoms with Crippen LogP contribution in [0.1, 0.15) is 5.56 Å². The number of phenolic OH excluding ortho intramolecular Hbond substituents is 1. The number of pyridine rings is 1. The number of hydrogen-bond donors (Lipinski definition) is 2. The first kappa shape index (κ1) is 12.8. The average Bonchev–Trinajstić information content (AvgIpc) is 2.49. The first-order valence-corrected chi connectivity index (χ1v) is 6.22. The fraction of sp³-hybridized carbons (Fsp3) is 0. The number of aromatic hydroxyl groups is 1. The van der Waals surface area contributed by atoms with Crippen molar-refractivity contribution in [1.29, 1.82) is 5.26 Å². The van der Waals surface area contributed by atoms with Crippen LogP contribution in [0.5, 0.6) is 17.4 Å². The van der Waals surface area contributed by atoms with E-state index < -0.39 is 0 Å². The van der Waals surface area contributed by atoms with Crippen LogP contribution in [0.2, 0.25) is 0 Å². The molecule has 0 fully saturated rings. The molecule has 0 aliphatic carbocycles. The zero-order chi connectivity index (χ0) is 14.8. The van der Waals surface area contributed by atoms with Crippen LogP contribution in [-0.4, -0.2) is 10.1 Å². The molecule has 0 amide bonds. The largest absolute Gasteiger partial charge is 0.508 e. The van der Waals surface area contributed by atoms with Crippen molar-refractivity contribution < 1.29 is 9.84 Å². The summed E-state index contributed by atoms with van der Waals surface area (Å²) in [5, 5.41) is 20.0. The first-order valence-electron chi connectivity index (χ1n) is 6.22. The predicted molar refractivity (Wildman–Crippen MR) is 79.1 cm³/mol. The Balaban J connectivity index is 2.06. The van der Waals surface area contributed by atoms with E-state index in [1.165, 1.54) is 6.07 Å². The second-order valence-corrected chi connectivity index (χ2v) is 4.49. The Morgan fingerprint density at radius 1 is 1.14 bits per heavy atom. The molecule has 0 radical (unpaired) electrons. The molecule has 5 heteroatoms. The summed E-state index contributed by atoms with van der Waals surface area (Å²) in [6.45, 7) is 0. The Kier molecular flexibility index (Phi) is 3.05. The van der Waals surface area contributed by atoms with Crippen molar-refractivity contribution in [2.75, 3.05) is 5.73 Å². The Labute approximate surface area is 120 Å². The molecular weight excluding hydrogens is 266 g/mol. The molecule has 5 nitrogen and oxygen atoms in total. The van der Waals surface area contributed by atoms with Gasteiger partial charge in [-0.2, -0.15) is 5.26 Å². The SMILES string of the molecule is N#Cc1ccc(Oc2nccc3ccc(O)cc23)c(N)c1. The number of nitrogens with two attached hydrogens (primary N) is 1. The molecule has 2 aromatic carbocycles.